The largest absolute Gasteiger partial charge is 0.444 e. The molecule has 1 aromatic carbocycles. The molecule has 3 amide bonds. The molecule has 0 saturated carbocycles. The summed E-state index contributed by atoms with van der Waals surface area (Å²) >= 11 is 0. The maximum Gasteiger partial charge on any atom is 0.407 e. The lowest BCUT2D eigenvalue weighted by atomic mass is 10.0. The van der Waals surface area contributed by atoms with E-state index in [0.29, 0.717) is 24.8 Å². The summed E-state index contributed by atoms with van der Waals surface area (Å²) in [6.45, 7) is 13.2. The molecule has 2 aromatic rings. The Balaban J connectivity index is 1.10. The van der Waals surface area contributed by atoms with E-state index in [9.17, 15) is 14.4 Å². The summed E-state index contributed by atoms with van der Waals surface area (Å²) in [5.41, 5.74) is 0.908. The molecular formula is C29H42N8O4. The highest BCUT2D eigenvalue weighted by molar-refractivity contribution is 5.88. The number of likely N-dealkylation sites (tertiary alicyclic amines) is 1. The molecule has 1 atom stereocenters. The molecule has 3 aliphatic rings. The van der Waals surface area contributed by atoms with Gasteiger partial charge in [0.15, 0.2) is 0 Å². The van der Waals surface area contributed by atoms with Crippen molar-refractivity contribution in [1.82, 2.24) is 34.9 Å². The summed E-state index contributed by atoms with van der Waals surface area (Å²) in [5.74, 6) is 0.252. The minimum Gasteiger partial charge on any atom is -0.444 e. The maximum absolute atomic E-state index is 12.8. The zero-order chi connectivity index (χ0) is 29.0. The lowest BCUT2D eigenvalue weighted by Crippen LogP contribution is -2.62. The van der Waals surface area contributed by atoms with Gasteiger partial charge in [-0.1, -0.05) is 12.1 Å². The Kier molecular flexibility index (Phi) is 8.91. The number of hydrogen-bond donors (Lipinski definition) is 3. The summed E-state index contributed by atoms with van der Waals surface area (Å²) in [7, 11) is 0. The molecule has 41 heavy (non-hydrogen) atoms. The SMILES string of the molecule is CC(C)(C)OC(=O)NC1CCN(Cc2ccc(-n3ccc(NC(=O)N4CCN5CCNCC5C4)nc3=O)cc2)CC1. The van der Waals surface area contributed by atoms with Crippen LogP contribution < -0.4 is 21.6 Å². The van der Waals surface area contributed by atoms with E-state index in [0.717, 1.165) is 64.2 Å². The quantitative estimate of drug-likeness (QED) is 0.501. The van der Waals surface area contributed by atoms with Crippen molar-refractivity contribution in [2.75, 3.05) is 57.7 Å². The van der Waals surface area contributed by atoms with E-state index in [1.54, 1.807) is 17.2 Å². The molecule has 4 heterocycles. The van der Waals surface area contributed by atoms with Crippen molar-refractivity contribution in [2.24, 2.45) is 0 Å². The van der Waals surface area contributed by atoms with Gasteiger partial charge in [-0.3, -0.25) is 19.7 Å². The number of piperidine rings is 1. The molecule has 5 rings (SSSR count). The number of rotatable bonds is 5. The number of nitrogens with zero attached hydrogens (tertiary/aromatic N) is 5. The number of nitrogens with one attached hydrogen (secondary N) is 3. The lowest BCUT2D eigenvalue weighted by molar-refractivity contribution is 0.0477. The van der Waals surface area contributed by atoms with Crippen molar-refractivity contribution >= 4 is 17.9 Å². The van der Waals surface area contributed by atoms with Crippen LogP contribution in [0.25, 0.3) is 5.69 Å². The number of fused-ring (bicyclic) bond motifs is 1. The van der Waals surface area contributed by atoms with E-state index in [-0.39, 0.29) is 24.0 Å². The predicted molar refractivity (Wildman–Crippen MR) is 156 cm³/mol. The summed E-state index contributed by atoms with van der Waals surface area (Å²) in [4.78, 5) is 48.3. The van der Waals surface area contributed by atoms with Gasteiger partial charge in [0.05, 0.1) is 5.69 Å². The normalized spacial score (nSPS) is 20.8. The van der Waals surface area contributed by atoms with Crippen LogP contribution in [0.15, 0.2) is 41.3 Å². The highest BCUT2D eigenvalue weighted by Crippen LogP contribution is 2.17. The van der Waals surface area contributed by atoms with Gasteiger partial charge in [0.2, 0.25) is 0 Å². The number of anilines is 1. The van der Waals surface area contributed by atoms with Crippen LogP contribution in [0.3, 0.4) is 0 Å². The smallest absolute Gasteiger partial charge is 0.407 e. The van der Waals surface area contributed by atoms with Crippen LogP contribution >= 0.6 is 0 Å². The van der Waals surface area contributed by atoms with Crippen molar-refractivity contribution in [1.29, 1.82) is 0 Å². The van der Waals surface area contributed by atoms with Gasteiger partial charge in [0, 0.05) is 77.2 Å². The summed E-state index contributed by atoms with van der Waals surface area (Å²) in [6, 6.07) is 9.71. The number of amides is 3. The first kappa shape index (κ1) is 29.0. The monoisotopic (exact) mass is 566 g/mol. The molecule has 0 bridgehead atoms. The standard InChI is InChI=1S/C29H42N8O4/c1-29(2,3)41-28(40)31-22-8-12-34(13-9-22)19-21-4-6-23(7-5-21)37-14-10-25(33-27(37)39)32-26(38)36-17-16-35-15-11-30-18-24(35)20-36/h4-7,10,14,22,24,30H,8-9,11-13,15-20H2,1-3H3,(H,31,40)(H,32,33,38,39). The van der Waals surface area contributed by atoms with Gasteiger partial charge in [0.25, 0.3) is 0 Å². The highest BCUT2D eigenvalue weighted by Gasteiger charge is 2.31. The predicted octanol–water partition coefficient (Wildman–Crippen LogP) is 1.84. The fraction of sp³-hybridized carbons (Fsp3) is 0.586. The van der Waals surface area contributed by atoms with Crippen LogP contribution in [0.1, 0.15) is 39.2 Å². The average molecular weight is 567 g/mol. The van der Waals surface area contributed by atoms with Crippen LogP contribution in [0.4, 0.5) is 15.4 Å². The number of carbonyl (C=O) groups is 2. The molecule has 12 nitrogen and oxygen atoms in total. The fourth-order valence-electron chi connectivity index (χ4n) is 5.64. The Hall–Kier alpha value is -3.48. The third-order valence-electron chi connectivity index (χ3n) is 7.82. The number of piperazine rings is 2. The Labute approximate surface area is 241 Å². The van der Waals surface area contributed by atoms with E-state index in [1.807, 2.05) is 45.0 Å². The second-order valence-corrected chi connectivity index (χ2v) is 12.1. The lowest BCUT2D eigenvalue weighted by Gasteiger charge is -2.44. The van der Waals surface area contributed by atoms with E-state index in [2.05, 4.69) is 30.7 Å². The van der Waals surface area contributed by atoms with Crippen LogP contribution in [-0.2, 0) is 11.3 Å². The van der Waals surface area contributed by atoms with Gasteiger partial charge in [0.1, 0.15) is 11.4 Å². The maximum atomic E-state index is 12.8. The van der Waals surface area contributed by atoms with E-state index in [1.165, 1.54) is 4.57 Å². The van der Waals surface area contributed by atoms with Crippen LogP contribution in [0, 0.1) is 0 Å². The third-order valence-corrected chi connectivity index (χ3v) is 7.82. The molecule has 3 N–H and O–H groups in total. The van der Waals surface area contributed by atoms with Crippen LogP contribution in [0.5, 0.6) is 0 Å². The number of aromatic nitrogens is 2. The molecule has 3 aliphatic heterocycles. The number of alkyl carbamates (subject to hydrolysis) is 1. The molecule has 1 aromatic heterocycles. The minimum absolute atomic E-state index is 0.120. The molecule has 0 radical (unpaired) electrons. The Morgan fingerprint density at radius 2 is 1.80 bits per heavy atom. The number of urea groups is 1. The molecule has 222 valence electrons. The molecule has 12 heteroatoms. The van der Waals surface area contributed by atoms with Gasteiger partial charge in [-0.2, -0.15) is 4.98 Å². The van der Waals surface area contributed by atoms with Crippen molar-refractivity contribution in [3.8, 4) is 5.69 Å². The first-order valence-corrected chi connectivity index (χ1v) is 14.5. The van der Waals surface area contributed by atoms with Gasteiger partial charge < -0.3 is 20.3 Å². The van der Waals surface area contributed by atoms with Gasteiger partial charge >= 0.3 is 17.8 Å². The van der Waals surface area contributed by atoms with Crippen molar-refractivity contribution in [2.45, 2.75) is 57.8 Å². The Morgan fingerprint density at radius 3 is 2.51 bits per heavy atom. The molecule has 0 aliphatic carbocycles. The number of benzene rings is 1. The second kappa shape index (κ2) is 12.6. The number of hydrogen-bond acceptors (Lipinski definition) is 8. The van der Waals surface area contributed by atoms with Crippen LogP contribution in [0.2, 0.25) is 0 Å². The van der Waals surface area contributed by atoms with Crippen LogP contribution in [-0.4, -0.2) is 106 Å². The first-order chi connectivity index (χ1) is 19.6. The summed E-state index contributed by atoms with van der Waals surface area (Å²) in [5, 5.41) is 9.15. The molecule has 1 unspecified atom stereocenters. The Morgan fingerprint density at radius 1 is 1.05 bits per heavy atom. The Bertz CT molecular complexity index is 1270. The van der Waals surface area contributed by atoms with Gasteiger partial charge in [-0.25, -0.2) is 14.4 Å². The van der Waals surface area contributed by atoms with E-state index >= 15 is 0 Å². The molecule has 3 saturated heterocycles. The zero-order valence-electron chi connectivity index (χ0n) is 24.3. The topological polar surface area (TPSA) is 124 Å². The van der Waals surface area contributed by atoms with Crippen molar-refractivity contribution in [3.63, 3.8) is 0 Å². The second-order valence-electron chi connectivity index (χ2n) is 12.1. The van der Waals surface area contributed by atoms with Gasteiger partial charge in [-0.05, 0) is 57.4 Å². The third kappa shape index (κ3) is 7.84. The summed E-state index contributed by atoms with van der Waals surface area (Å²) < 4.78 is 6.84. The molecule has 0 spiro atoms. The minimum atomic E-state index is -0.501. The fourth-order valence-corrected chi connectivity index (χ4v) is 5.64. The zero-order valence-corrected chi connectivity index (χ0v) is 24.3. The highest BCUT2D eigenvalue weighted by atomic mass is 16.6. The average Bonchev–Trinajstić information content (AvgIpc) is 2.93. The van der Waals surface area contributed by atoms with E-state index < -0.39 is 11.3 Å². The summed E-state index contributed by atoms with van der Waals surface area (Å²) in [6.07, 6.45) is 3.03. The van der Waals surface area contributed by atoms with Gasteiger partial charge in [-0.15, -0.1) is 0 Å². The van der Waals surface area contributed by atoms with E-state index in [4.69, 9.17) is 4.74 Å². The molecule has 3 fully saturated rings. The number of carbonyl (C=O) groups excluding carboxylic acids is 2. The van der Waals surface area contributed by atoms with Crippen molar-refractivity contribution < 1.29 is 14.3 Å². The first-order valence-electron chi connectivity index (χ1n) is 14.5. The number of ether oxygens (including phenoxy) is 1. The molecular weight excluding hydrogens is 524 g/mol. The van der Waals surface area contributed by atoms with Crippen molar-refractivity contribution in [3.05, 3.63) is 52.6 Å².